The Balaban J connectivity index is 1.11. The first kappa shape index (κ1) is 34.4. The number of aliphatic hydroxyl groups excluding tert-OH is 1. The number of aliphatic hydroxyl groups is 2. The number of benzene rings is 2. The molecule has 0 spiro atoms. The van der Waals surface area contributed by atoms with Gasteiger partial charge in [0.05, 0.1) is 39.7 Å². The van der Waals surface area contributed by atoms with E-state index in [1.807, 2.05) is 24.3 Å². The van der Waals surface area contributed by atoms with Crippen molar-refractivity contribution in [2.75, 3.05) is 5.32 Å². The van der Waals surface area contributed by atoms with Gasteiger partial charge in [0.25, 0.3) is 0 Å². The molecule has 3 N–H and O–H groups in total. The molecule has 3 fully saturated rings. The number of halogens is 3. The van der Waals surface area contributed by atoms with Crippen molar-refractivity contribution in [3.05, 3.63) is 65.5 Å². The highest BCUT2D eigenvalue weighted by molar-refractivity contribution is 5.90. The molecule has 7 rings (SSSR count). The summed E-state index contributed by atoms with van der Waals surface area (Å²) in [7, 11) is 0. The average Bonchev–Trinajstić information content (AvgIpc) is 3.41. The Kier molecular flexibility index (Phi) is 7.89. The molecule has 0 unspecified atom stereocenters. The third-order valence-electron chi connectivity index (χ3n) is 14.5. The van der Waals surface area contributed by atoms with Crippen molar-refractivity contribution in [1.82, 2.24) is 9.97 Å². The monoisotopic (exact) mass is 677 g/mol. The Morgan fingerprint density at radius 3 is 2.20 bits per heavy atom. The first-order chi connectivity index (χ1) is 22.8. The van der Waals surface area contributed by atoms with Crippen LogP contribution >= 0.6 is 0 Å². The van der Waals surface area contributed by atoms with Crippen LogP contribution in [0.2, 0.25) is 0 Å². The van der Waals surface area contributed by atoms with E-state index in [0.29, 0.717) is 12.3 Å². The number of carbonyl (C=O) groups is 1. The molecule has 0 bridgehead atoms. The number of para-hydroxylation sites is 2. The normalized spacial score (nSPS) is 36.2. The molecule has 4 aliphatic rings. The molecule has 1 heterocycles. The van der Waals surface area contributed by atoms with Crippen molar-refractivity contribution in [2.45, 2.75) is 116 Å². The van der Waals surface area contributed by atoms with E-state index in [4.69, 9.17) is 9.97 Å². The highest BCUT2D eigenvalue weighted by Crippen LogP contribution is 2.75. The van der Waals surface area contributed by atoms with Crippen LogP contribution in [-0.2, 0) is 22.8 Å². The van der Waals surface area contributed by atoms with E-state index in [2.05, 4.69) is 39.9 Å². The van der Waals surface area contributed by atoms with Crippen LogP contribution in [0.1, 0.15) is 103 Å². The smallest absolute Gasteiger partial charge is 0.393 e. The summed E-state index contributed by atoms with van der Waals surface area (Å²) >= 11 is 0. The van der Waals surface area contributed by atoms with Crippen LogP contribution in [0.25, 0.3) is 11.0 Å². The second-order valence-electron chi connectivity index (χ2n) is 17.3. The lowest BCUT2D eigenvalue weighted by Gasteiger charge is -2.69. The lowest BCUT2D eigenvalue weighted by molar-refractivity contribution is -0.224. The molecule has 9 atom stereocenters. The van der Waals surface area contributed by atoms with Crippen molar-refractivity contribution in [2.24, 2.45) is 39.9 Å². The summed E-state index contributed by atoms with van der Waals surface area (Å²) in [6.45, 7) is 13.7. The summed E-state index contributed by atoms with van der Waals surface area (Å²) in [5.41, 5.74) is 1.81. The molecule has 6 nitrogen and oxygen atoms in total. The topological polar surface area (TPSA) is 95.3 Å². The standard InChI is InChI=1S/C40H50F3N3O3/c1-35(2)30-16-19-37(4)31(36(30,3)22-28-34(35)46-27-10-8-7-9-26(27)45-28)21-29(47)33-25(15-18-38(33,37)5)39(6,49)20-17-32(48)44-24-13-11-23(12-14-24)40(41,42)43/h7-14,25,29-31,33,47,49H,15-22H2,1-6H3,(H,44,48)/t25-,29+,30-,31+,33-,36-,37+,38+,39-/m0/s1. The maximum Gasteiger partial charge on any atom is 0.416 e. The number of anilines is 1. The molecular weight excluding hydrogens is 627 g/mol. The van der Waals surface area contributed by atoms with Gasteiger partial charge in [-0.05, 0) is 128 Å². The Labute approximate surface area is 287 Å². The van der Waals surface area contributed by atoms with Gasteiger partial charge in [0.1, 0.15) is 0 Å². The van der Waals surface area contributed by atoms with Gasteiger partial charge in [0.2, 0.25) is 5.91 Å². The molecule has 3 aromatic rings. The Bertz CT molecular complexity index is 1770. The van der Waals surface area contributed by atoms with Crippen molar-refractivity contribution >= 4 is 22.6 Å². The van der Waals surface area contributed by atoms with Crippen LogP contribution in [0.4, 0.5) is 18.9 Å². The van der Waals surface area contributed by atoms with Gasteiger partial charge in [-0.1, -0.05) is 46.8 Å². The molecule has 1 aromatic heterocycles. The minimum absolute atomic E-state index is 0.0217. The van der Waals surface area contributed by atoms with Gasteiger partial charge in [0, 0.05) is 17.5 Å². The number of hydrogen-bond donors (Lipinski definition) is 3. The highest BCUT2D eigenvalue weighted by atomic mass is 19.4. The van der Waals surface area contributed by atoms with Gasteiger partial charge in [-0.15, -0.1) is 0 Å². The van der Waals surface area contributed by atoms with Gasteiger partial charge in [-0.3, -0.25) is 4.79 Å². The summed E-state index contributed by atoms with van der Waals surface area (Å²) in [5, 5.41) is 26.8. The lowest BCUT2D eigenvalue weighted by atomic mass is 9.35. The van der Waals surface area contributed by atoms with Crippen molar-refractivity contribution < 1.29 is 28.2 Å². The van der Waals surface area contributed by atoms with Crippen LogP contribution in [0.15, 0.2) is 48.5 Å². The largest absolute Gasteiger partial charge is 0.416 e. The van der Waals surface area contributed by atoms with E-state index < -0.39 is 23.4 Å². The van der Waals surface area contributed by atoms with Gasteiger partial charge in [-0.2, -0.15) is 13.2 Å². The van der Waals surface area contributed by atoms with Crippen LogP contribution in [0.3, 0.4) is 0 Å². The second kappa shape index (κ2) is 11.2. The predicted octanol–water partition coefficient (Wildman–Crippen LogP) is 8.49. The predicted molar refractivity (Wildman–Crippen MR) is 184 cm³/mol. The lowest BCUT2D eigenvalue weighted by Crippen LogP contribution is -2.66. The highest BCUT2D eigenvalue weighted by Gasteiger charge is 2.71. The fourth-order valence-electron chi connectivity index (χ4n) is 12.0. The number of alkyl halides is 3. The molecule has 9 heteroatoms. The van der Waals surface area contributed by atoms with Crippen LogP contribution in [0.5, 0.6) is 0 Å². The fraction of sp³-hybridized carbons (Fsp3) is 0.625. The van der Waals surface area contributed by atoms with Crippen molar-refractivity contribution in [3.63, 3.8) is 0 Å². The molecule has 0 aliphatic heterocycles. The first-order valence-corrected chi connectivity index (χ1v) is 17.9. The molecule has 0 radical (unpaired) electrons. The molecule has 49 heavy (non-hydrogen) atoms. The number of hydrogen-bond acceptors (Lipinski definition) is 5. The zero-order chi connectivity index (χ0) is 35.4. The third kappa shape index (κ3) is 5.23. The fourth-order valence-corrected chi connectivity index (χ4v) is 12.0. The van der Waals surface area contributed by atoms with Gasteiger partial charge < -0.3 is 15.5 Å². The SMILES string of the molecule is CC1(C)c2nc3ccccc3nc2C[C@]2(C)[C@H]3C[C@@H](O)[C@@H]4[C@@H]([C@@](C)(O)CCC(=O)Nc5ccc(C(F)(F)F)cc5)CC[C@@]4(C)[C@]3(C)CC[C@@H]12. The van der Waals surface area contributed by atoms with Crippen LogP contribution < -0.4 is 5.32 Å². The second-order valence-corrected chi connectivity index (χ2v) is 17.3. The van der Waals surface area contributed by atoms with Crippen molar-refractivity contribution in [3.8, 4) is 0 Å². The summed E-state index contributed by atoms with van der Waals surface area (Å²) in [5.74, 6) is -0.0185. The number of rotatable bonds is 5. The minimum Gasteiger partial charge on any atom is -0.393 e. The van der Waals surface area contributed by atoms with E-state index in [9.17, 15) is 28.2 Å². The van der Waals surface area contributed by atoms with Crippen molar-refractivity contribution in [1.29, 1.82) is 0 Å². The quantitative estimate of drug-likeness (QED) is 0.252. The summed E-state index contributed by atoms with van der Waals surface area (Å²) in [4.78, 5) is 23.3. The molecule has 3 saturated carbocycles. The van der Waals surface area contributed by atoms with Gasteiger partial charge >= 0.3 is 6.18 Å². The van der Waals surface area contributed by atoms with E-state index in [0.717, 1.165) is 66.7 Å². The average molecular weight is 678 g/mol. The zero-order valence-corrected chi connectivity index (χ0v) is 29.5. The number of carbonyl (C=O) groups excluding carboxylic acids is 1. The number of amides is 1. The van der Waals surface area contributed by atoms with E-state index in [1.54, 1.807) is 6.92 Å². The van der Waals surface area contributed by atoms with E-state index in [1.165, 1.54) is 12.1 Å². The number of fused-ring (bicyclic) bond motifs is 7. The van der Waals surface area contributed by atoms with E-state index >= 15 is 0 Å². The maximum atomic E-state index is 13.0. The summed E-state index contributed by atoms with van der Waals surface area (Å²) in [6.07, 6.45) is 0.438. The Morgan fingerprint density at radius 2 is 1.55 bits per heavy atom. The summed E-state index contributed by atoms with van der Waals surface area (Å²) < 4.78 is 38.9. The number of nitrogens with zero attached hydrogens (tertiary/aromatic N) is 2. The molecule has 1 amide bonds. The number of aromatic nitrogens is 2. The minimum atomic E-state index is -4.45. The number of nitrogens with one attached hydrogen (secondary N) is 1. The third-order valence-corrected chi connectivity index (χ3v) is 14.5. The molecule has 264 valence electrons. The zero-order valence-electron chi connectivity index (χ0n) is 29.5. The Morgan fingerprint density at radius 1 is 0.918 bits per heavy atom. The molecular formula is C40H50F3N3O3. The summed E-state index contributed by atoms with van der Waals surface area (Å²) in [6, 6.07) is 12.5. The molecule has 4 aliphatic carbocycles. The molecule has 2 aromatic carbocycles. The van der Waals surface area contributed by atoms with Gasteiger partial charge in [-0.25, -0.2) is 9.97 Å². The molecule has 0 saturated heterocycles. The van der Waals surface area contributed by atoms with E-state index in [-0.39, 0.29) is 63.8 Å². The maximum absolute atomic E-state index is 13.0. The first-order valence-electron chi connectivity index (χ1n) is 17.9. The Hall–Kier alpha value is -3.04. The van der Waals surface area contributed by atoms with Crippen LogP contribution in [-0.4, -0.2) is 37.8 Å². The van der Waals surface area contributed by atoms with Gasteiger partial charge in [0.15, 0.2) is 0 Å². The van der Waals surface area contributed by atoms with Crippen LogP contribution in [0, 0.1) is 39.9 Å².